The van der Waals surface area contributed by atoms with Gasteiger partial charge in [-0.05, 0) is 55.0 Å². The van der Waals surface area contributed by atoms with Crippen molar-refractivity contribution in [1.29, 1.82) is 0 Å². The summed E-state index contributed by atoms with van der Waals surface area (Å²) in [7, 11) is -2.36. The van der Waals surface area contributed by atoms with Crippen LogP contribution in [0.5, 0.6) is 11.5 Å². The smallest absolute Gasteiger partial charge is 0.416 e. The average Bonchev–Trinajstić information content (AvgIpc) is 2.81. The second kappa shape index (κ2) is 10.4. The van der Waals surface area contributed by atoms with Gasteiger partial charge >= 0.3 is 6.18 Å². The molecule has 0 aliphatic carbocycles. The van der Waals surface area contributed by atoms with Crippen molar-refractivity contribution < 1.29 is 35.9 Å². The first-order chi connectivity index (χ1) is 15.6. The number of rotatable bonds is 8. The first-order valence-electron chi connectivity index (χ1n) is 10.3. The molecule has 33 heavy (non-hydrogen) atoms. The van der Waals surface area contributed by atoms with Gasteiger partial charge in [0.1, 0.15) is 11.5 Å². The Hall–Kier alpha value is -2.79. The Morgan fingerprint density at radius 3 is 2.06 bits per heavy atom. The lowest BCUT2D eigenvalue weighted by Gasteiger charge is -2.34. The SMILES string of the molecule is COc1ccc(OCCCC(=O)N2CCN(S(=O)(=O)c3ccc(C(F)(F)F)cc3)CC2)cc1. The highest BCUT2D eigenvalue weighted by molar-refractivity contribution is 7.89. The van der Waals surface area contributed by atoms with Crippen molar-refractivity contribution in [3.63, 3.8) is 0 Å². The summed E-state index contributed by atoms with van der Waals surface area (Å²) in [5, 5.41) is 0. The molecular weight excluding hydrogens is 461 g/mol. The number of methoxy groups -OCH3 is 1. The third kappa shape index (κ3) is 6.38. The van der Waals surface area contributed by atoms with Gasteiger partial charge in [0, 0.05) is 32.6 Å². The van der Waals surface area contributed by atoms with Gasteiger partial charge in [-0.15, -0.1) is 0 Å². The van der Waals surface area contributed by atoms with Crippen molar-refractivity contribution >= 4 is 15.9 Å². The molecule has 0 saturated carbocycles. The standard InChI is InChI=1S/C22H25F3N2O5S/c1-31-18-6-8-19(9-7-18)32-16-2-3-21(28)26-12-14-27(15-13-26)33(29,30)20-10-4-17(5-11-20)22(23,24)25/h4-11H,2-3,12-16H2,1H3. The number of hydrogen-bond donors (Lipinski definition) is 0. The molecule has 11 heteroatoms. The average molecular weight is 487 g/mol. The first-order valence-corrected chi connectivity index (χ1v) is 11.8. The van der Waals surface area contributed by atoms with Crippen molar-refractivity contribution in [2.24, 2.45) is 0 Å². The molecule has 0 aromatic heterocycles. The van der Waals surface area contributed by atoms with E-state index in [1.165, 1.54) is 4.31 Å². The summed E-state index contributed by atoms with van der Waals surface area (Å²) in [6, 6.07) is 10.5. The van der Waals surface area contributed by atoms with Gasteiger partial charge in [0.15, 0.2) is 0 Å². The molecule has 2 aromatic carbocycles. The molecule has 1 aliphatic rings. The van der Waals surface area contributed by atoms with E-state index in [9.17, 15) is 26.4 Å². The van der Waals surface area contributed by atoms with Crippen molar-refractivity contribution in [2.45, 2.75) is 23.9 Å². The molecular formula is C22H25F3N2O5S. The number of ether oxygens (including phenoxy) is 2. The minimum Gasteiger partial charge on any atom is -0.497 e. The summed E-state index contributed by atoms with van der Waals surface area (Å²) < 4.78 is 75.4. The van der Waals surface area contributed by atoms with Crippen molar-refractivity contribution in [3.05, 3.63) is 54.1 Å². The number of hydrogen-bond acceptors (Lipinski definition) is 5. The van der Waals surface area contributed by atoms with Gasteiger partial charge in [0.05, 0.1) is 24.2 Å². The van der Waals surface area contributed by atoms with Crippen LogP contribution in [0.25, 0.3) is 0 Å². The summed E-state index contributed by atoms with van der Waals surface area (Å²) in [5.74, 6) is 1.29. The first kappa shape index (κ1) is 24.8. The van der Waals surface area contributed by atoms with Crippen LogP contribution in [0.15, 0.2) is 53.4 Å². The number of carbonyl (C=O) groups is 1. The molecule has 2 aromatic rings. The third-order valence-corrected chi connectivity index (χ3v) is 7.19. The van der Waals surface area contributed by atoms with Gasteiger partial charge in [0.2, 0.25) is 15.9 Å². The highest BCUT2D eigenvalue weighted by atomic mass is 32.2. The Kier molecular flexibility index (Phi) is 7.85. The lowest BCUT2D eigenvalue weighted by molar-refractivity contribution is -0.137. The van der Waals surface area contributed by atoms with E-state index < -0.39 is 21.8 Å². The third-order valence-electron chi connectivity index (χ3n) is 5.27. The molecule has 0 spiro atoms. The highest BCUT2D eigenvalue weighted by Gasteiger charge is 2.33. The Labute approximate surface area is 190 Å². The van der Waals surface area contributed by atoms with E-state index in [1.807, 2.05) is 0 Å². The maximum Gasteiger partial charge on any atom is 0.416 e. The zero-order valence-electron chi connectivity index (χ0n) is 18.0. The molecule has 0 atom stereocenters. The number of carbonyl (C=O) groups excluding carboxylic acids is 1. The van der Waals surface area contributed by atoms with E-state index in [-0.39, 0.29) is 43.4 Å². The van der Waals surface area contributed by atoms with Crippen LogP contribution in [0, 0.1) is 0 Å². The molecule has 3 rings (SSSR count). The van der Waals surface area contributed by atoms with E-state index >= 15 is 0 Å². The Bertz CT molecular complexity index is 1030. The topological polar surface area (TPSA) is 76.2 Å². The molecule has 1 saturated heterocycles. The molecule has 1 fully saturated rings. The minimum atomic E-state index is -4.53. The molecule has 7 nitrogen and oxygen atoms in total. The van der Waals surface area contributed by atoms with Crippen LogP contribution in [-0.2, 0) is 21.0 Å². The molecule has 1 aliphatic heterocycles. The maximum absolute atomic E-state index is 12.7. The lowest BCUT2D eigenvalue weighted by atomic mass is 10.2. The summed E-state index contributed by atoms with van der Waals surface area (Å²) >= 11 is 0. The minimum absolute atomic E-state index is 0.0808. The number of alkyl halides is 3. The fraction of sp³-hybridized carbons (Fsp3) is 0.409. The normalized spacial score (nSPS) is 15.3. The molecule has 0 unspecified atom stereocenters. The van der Waals surface area contributed by atoms with Crippen molar-refractivity contribution in [1.82, 2.24) is 9.21 Å². The van der Waals surface area contributed by atoms with E-state index in [0.717, 1.165) is 30.0 Å². The van der Waals surface area contributed by atoms with E-state index in [2.05, 4.69) is 0 Å². The summed E-state index contributed by atoms with van der Waals surface area (Å²) in [5.41, 5.74) is -0.909. The monoisotopic (exact) mass is 486 g/mol. The maximum atomic E-state index is 12.7. The largest absolute Gasteiger partial charge is 0.497 e. The van der Waals surface area contributed by atoms with Crippen LogP contribution >= 0.6 is 0 Å². The summed E-state index contributed by atoms with van der Waals surface area (Å²) in [6.07, 6.45) is -3.76. The molecule has 0 bridgehead atoms. The zero-order chi connectivity index (χ0) is 24.1. The fourth-order valence-electron chi connectivity index (χ4n) is 3.39. The van der Waals surface area contributed by atoms with E-state index in [4.69, 9.17) is 9.47 Å². The molecule has 0 N–H and O–H groups in total. The van der Waals surface area contributed by atoms with E-state index in [1.54, 1.807) is 36.3 Å². The molecule has 180 valence electrons. The zero-order valence-corrected chi connectivity index (χ0v) is 18.9. The number of piperazine rings is 1. The highest BCUT2D eigenvalue weighted by Crippen LogP contribution is 2.30. The van der Waals surface area contributed by atoms with Crippen molar-refractivity contribution in [2.75, 3.05) is 39.9 Å². The second-order valence-corrected chi connectivity index (χ2v) is 9.37. The predicted octanol–water partition coefficient (Wildman–Crippen LogP) is 3.41. The van der Waals surface area contributed by atoms with Crippen LogP contribution < -0.4 is 9.47 Å². The van der Waals surface area contributed by atoms with Crippen LogP contribution in [0.4, 0.5) is 13.2 Å². The molecule has 0 radical (unpaired) electrons. The van der Waals surface area contributed by atoms with Crippen LogP contribution in [0.3, 0.4) is 0 Å². The van der Waals surface area contributed by atoms with Gasteiger partial charge < -0.3 is 14.4 Å². The Morgan fingerprint density at radius 2 is 1.52 bits per heavy atom. The lowest BCUT2D eigenvalue weighted by Crippen LogP contribution is -2.50. The van der Waals surface area contributed by atoms with Crippen molar-refractivity contribution in [3.8, 4) is 11.5 Å². The Balaban J connectivity index is 1.44. The second-order valence-electron chi connectivity index (χ2n) is 7.43. The van der Waals surface area contributed by atoms with E-state index in [0.29, 0.717) is 18.8 Å². The number of nitrogens with zero attached hydrogens (tertiary/aromatic N) is 2. The summed E-state index contributed by atoms with van der Waals surface area (Å²) in [6.45, 7) is 0.964. The van der Waals surface area contributed by atoms with Gasteiger partial charge in [-0.2, -0.15) is 17.5 Å². The number of benzene rings is 2. The van der Waals surface area contributed by atoms with Gasteiger partial charge in [-0.3, -0.25) is 4.79 Å². The van der Waals surface area contributed by atoms with Gasteiger partial charge in [0.25, 0.3) is 0 Å². The van der Waals surface area contributed by atoms with Gasteiger partial charge in [-0.1, -0.05) is 0 Å². The number of amides is 1. The summed E-state index contributed by atoms with van der Waals surface area (Å²) in [4.78, 5) is 13.8. The number of halogens is 3. The Morgan fingerprint density at radius 1 is 0.939 bits per heavy atom. The molecule has 1 heterocycles. The molecule has 1 amide bonds. The quantitative estimate of drug-likeness (QED) is 0.535. The van der Waals surface area contributed by atoms with Crippen LogP contribution in [0.2, 0.25) is 0 Å². The number of sulfonamides is 1. The van der Waals surface area contributed by atoms with Crippen LogP contribution in [-0.4, -0.2) is 63.4 Å². The predicted molar refractivity (Wildman–Crippen MR) is 115 cm³/mol. The fourth-order valence-corrected chi connectivity index (χ4v) is 4.81. The van der Waals surface area contributed by atoms with Gasteiger partial charge in [-0.25, -0.2) is 8.42 Å². The van der Waals surface area contributed by atoms with Crippen LogP contribution in [0.1, 0.15) is 18.4 Å².